The fourth-order valence-electron chi connectivity index (χ4n) is 2.18. The average molecular weight is 314 g/mol. The first-order valence-electron chi connectivity index (χ1n) is 6.40. The van der Waals surface area contributed by atoms with Crippen molar-refractivity contribution in [3.05, 3.63) is 29.8 Å². The number of nitrogens with two attached hydrogens (primary N) is 1. The minimum atomic E-state index is -3.57. The lowest BCUT2D eigenvalue weighted by atomic mass is 9.98. The van der Waals surface area contributed by atoms with Crippen LogP contribution >= 0.6 is 12.2 Å². The monoisotopic (exact) mass is 314 g/mol. The van der Waals surface area contributed by atoms with Gasteiger partial charge in [0.2, 0.25) is 10.0 Å². The van der Waals surface area contributed by atoms with Gasteiger partial charge >= 0.3 is 0 Å². The highest BCUT2D eigenvalue weighted by Gasteiger charge is 2.32. The number of nitrogens with zero attached hydrogens (tertiary/aromatic N) is 1. The van der Waals surface area contributed by atoms with Gasteiger partial charge in [-0.2, -0.15) is 4.31 Å². The van der Waals surface area contributed by atoms with Crippen LogP contribution in [0.25, 0.3) is 0 Å². The Kier molecular flexibility index (Phi) is 4.43. The lowest BCUT2D eigenvalue weighted by Gasteiger charge is -2.33. The van der Waals surface area contributed by atoms with Gasteiger partial charge in [-0.1, -0.05) is 31.3 Å². The van der Waals surface area contributed by atoms with Crippen LogP contribution in [0, 0.1) is 5.92 Å². The van der Waals surface area contributed by atoms with Crippen LogP contribution in [0.3, 0.4) is 0 Å². The minimum absolute atomic E-state index is 0.124. The quantitative estimate of drug-likeness (QED) is 0.803. The molecule has 2 unspecified atom stereocenters. The topological polar surface area (TPSA) is 83.6 Å². The predicted octanol–water partition coefficient (Wildman–Crippen LogP) is 0.712. The van der Waals surface area contributed by atoms with Crippen molar-refractivity contribution in [3.8, 4) is 0 Å². The Bertz CT molecular complexity index is 599. The van der Waals surface area contributed by atoms with Crippen LogP contribution in [-0.4, -0.2) is 42.0 Å². The molecule has 0 bridgehead atoms. The molecule has 110 valence electrons. The van der Waals surface area contributed by atoms with Crippen LogP contribution in [0.5, 0.6) is 0 Å². The molecule has 7 heteroatoms. The van der Waals surface area contributed by atoms with E-state index in [-0.39, 0.29) is 22.3 Å². The largest absolute Gasteiger partial charge is 0.391 e. The van der Waals surface area contributed by atoms with E-state index in [0.29, 0.717) is 18.5 Å². The fraction of sp³-hybridized carbons (Fsp3) is 0.462. The summed E-state index contributed by atoms with van der Waals surface area (Å²) in [6.45, 7) is 2.49. The van der Waals surface area contributed by atoms with E-state index in [9.17, 15) is 13.5 Å². The third kappa shape index (κ3) is 3.01. The predicted molar refractivity (Wildman–Crippen MR) is 80.9 cm³/mol. The normalized spacial score (nSPS) is 24.5. The molecule has 2 rings (SSSR count). The zero-order chi connectivity index (χ0) is 14.9. The molecule has 0 radical (unpaired) electrons. The van der Waals surface area contributed by atoms with Crippen LogP contribution in [0.15, 0.2) is 29.2 Å². The van der Waals surface area contributed by atoms with E-state index in [0.717, 1.165) is 0 Å². The van der Waals surface area contributed by atoms with Crippen molar-refractivity contribution in [2.75, 3.05) is 13.1 Å². The first-order chi connectivity index (χ1) is 9.32. The number of hydrogen-bond acceptors (Lipinski definition) is 4. The highest BCUT2D eigenvalue weighted by Crippen LogP contribution is 2.24. The van der Waals surface area contributed by atoms with E-state index < -0.39 is 16.1 Å². The Hall–Kier alpha value is -1.02. The van der Waals surface area contributed by atoms with E-state index in [2.05, 4.69) is 0 Å². The highest BCUT2D eigenvalue weighted by molar-refractivity contribution is 7.89. The number of piperidine rings is 1. The zero-order valence-corrected chi connectivity index (χ0v) is 12.8. The zero-order valence-electron chi connectivity index (χ0n) is 11.2. The molecule has 20 heavy (non-hydrogen) atoms. The van der Waals surface area contributed by atoms with E-state index in [1.54, 1.807) is 12.1 Å². The smallest absolute Gasteiger partial charge is 0.243 e. The van der Waals surface area contributed by atoms with Crippen molar-refractivity contribution >= 4 is 27.2 Å². The van der Waals surface area contributed by atoms with Crippen molar-refractivity contribution in [2.24, 2.45) is 11.7 Å². The Morgan fingerprint density at radius 2 is 2.00 bits per heavy atom. The molecule has 1 aliphatic heterocycles. The van der Waals surface area contributed by atoms with Crippen LogP contribution in [0.2, 0.25) is 0 Å². The van der Waals surface area contributed by atoms with E-state index in [4.69, 9.17) is 18.0 Å². The summed E-state index contributed by atoms with van der Waals surface area (Å²) >= 11 is 4.84. The van der Waals surface area contributed by atoms with Gasteiger partial charge < -0.3 is 10.8 Å². The molecule has 0 aliphatic carbocycles. The standard InChI is InChI=1S/C13H18N2O3S2/c1-9-6-7-15(8-12(9)16)20(17,18)11-4-2-10(3-5-11)13(14)19/h2-5,9,12,16H,6-8H2,1H3,(H2,14,19). The Balaban J connectivity index is 2.24. The molecule has 0 spiro atoms. The number of β-amino-alcohol motifs (C(OH)–C–C–N with tert-alkyl or cyclic N) is 1. The van der Waals surface area contributed by atoms with Crippen molar-refractivity contribution in [1.82, 2.24) is 4.31 Å². The summed E-state index contributed by atoms with van der Waals surface area (Å²) in [5.41, 5.74) is 6.12. The fourth-order valence-corrected chi connectivity index (χ4v) is 3.79. The molecule has 0 aromatic heterocycles. The number of rotatable bonds is 3. The molecule has 1 aromatic carbocycles. The van der Waals surface area contributed by atoms with Crippen LogP contribution in [0.4, 0.5) is 0 Å². The highest BCUT2D eigenvalue weighted by atomic mass is 32.2. The number of sulfonamides is 1. The molecule has 0 amide bonds. The summed E-state index contributed by atoms with van der Waals surface area (Å²) in [6, 6.07) is 6.18. The molecule has 1 aliphatic rings. The summed E-state index contributed by atoms with van der Waals surface area (Å²) in [5.74, 6) is 0.124. The van der Waals surface area contributed by atoms with Gasteiger partial charge in [0.25, 0.3) is 0 Å². The maximum absolute atomic E-state index is 12.5. The van der Waals surface area contributed by atoms with Gasteiger partial charge in [-0.25, -0.2) is 8.42 Å². The van der Waals surface area contributed by atoms with Gasteiger partial charge in [-0.3, -0.25) is 0 Å². The van der Waals surface area contributed by atoms with Crippen LogP contribution in [0.1, 0.15) is 18.9 Å². The minimum Gasteiger partial charge on any atom is -0.391 e. The molecule has 0 saturated carbocycles. The van der Waals surface area contributed by atoms with Gasteiger partial charge in [-0.05, 0) is 24.5 Å². The van der Waals surface area contributed by atoms with E-state index >= 15 is 0 Å². The van der Waals surface area contributed by atoms with Crippen LogP contribution < -0.4 is 5.73 Å². The number of thiocarbonyl (C=S) groups is 1. The number of aliphatic hydroxyl groups is 1. The molecule has 1 aromatic rings. The Morgan fingerprint density at radius 1 is 1.40 bits per heavy atom. The second-order valence-corrected chi connectivity index (χ2v) is 7.46. The van der Waals surface area contributed by atoms with Gasteiger partial charge in [0.1, 0.15) is 4.99 Å². The van der Waals surface area contributed by atoms with Gasteiger partial charge in [0.15, 0.2) is 0 Å². The molecular formula is C13H18N2O3S2. The second kappa shape index (κ2) is 5.77. The molecular weight excluding hydrogens is 296 g/mol. The maximum Gasteiger partial charge on any atom is 0.243 e. The summed E-state index contributed by atoms with van der Waals surface area (Å²) in [6.07, 6.45) is 0.0418. The first-order valence-corrected chi connectivity index (χ1v) is 8.25. The van der Waals surface area contributed by atoms with Gasteiger partial charge in [0, 0.05) is 18.7 Å². The molecule has 2 atom stereocenters. The molecule has 1 fully saturated rings. The van der Waals surface area contributed by atoms with E-state index in [1.807, 2.05) is 6.92 Å². The average Bonchev–Trinajstić information content (AvgIpc) is 2.41. The van der Waals surface area contributed by atoms with Crippen molar-refractivity contribution in [2.45, 2.75) is 24.3 Å². The third-order valence-electron chi connectivity index (χ3n) is 3.66. The van der Waals surface area contributed by atoms with Crippen LogP contribution in [-0.2, 0) is 10.0 Å². The second-order valence-electron chi connectivity index (χ2n) is 5.08. The molecule has 3 N–H and O–H groups in total. The van der Waals surface area contributed by atoms with Crippen molar-refractivity contribution in [3.63, 3.8) is 0 Å². The summed E-state index contributed by atoms with van der Waals surface area (Å²) in [7, 11) is -3.57. The Labute approximate surface area is 124 Å². The summed E-state index contributed by atoms with van der Waals surface area (Å²) in [4.78, 5) is 0.426. The number of benzene rings is 1. The van der Waals surface area contributed by atoms with Gasteiger partial charge in [0.05, 0.1) is 11.0 Å². The summed E-state index contributed by atoms with van der Waals surface area (Å²) in [5, 5.41) is 9.84. The Morgan fingerprint density at radius 3 is 2.50 bits per heavy atom. The first kappa shape index (κ1) is 15.4. The maximum atomic E-state index is 12.5. The number of hydrogen-bond donors (Lipinski definition) is 2. The third-order valence-corrected chi connectivity index (χ3v) is 5.77. The van der Waals surface area contributed by atoms with E-state index in [1.165, 1.54) is 16.4 Å². The molecule has 5 nitrogen and oxygen atoms in total. The molecule has 1 saturated heterocycles. The number of aliphatic hydroxyl groups excluding tert-OH is 1. The lowest BCUT2D eigenvalue weighted by molar-refractivity contribution is 0.0605. The van der Waals surface area contributed by atoms with Gasteiger partial charge in [-0.15, -0.1) is 0 Å². The van der Waals surface area contributed by atoms with Crippen molar-refractivity contribution < 1.29 is 13.5 Å². The lowest BCUT2D eigenvalue weighted by Crippen LogP contribution is -2.45. The summed E-state index contributed by atoms with van der Waals surface area (Å²) < 4.78 is 26.3. The SMILES string of the molecule is CC1CCN(S(=O)(=O)c2ccc(C(N)=S)cc2)CC1O. The molecule has 1 heterocycles. The van der Waals surface area contributed by atoms with Crippen molar-refractivity contribution in [1.29, 1.82) is 0 Å².